The van der Waals surface area contributed by atoms with Gasteiger partial charge in [-0.1, -0.05) is 17.7 Å². The van der Waals surface area contributed by atoms with E-state index >= 15 is 0 Å². The summed E-state index contributed by atoms with van der Waals surface area (Å²) >= 11 is 0. The highest BCUT2D eigenvalue weighted by atomic mass is 32.2. The van der Waals surface area contributed by atoms with Gasteiger partial charge in [0.2, 0.25) is 0 Å². The van der Waals surface area contributed by atoms with Crippen LogP contribution in [0, 0.1) is 6.92 Å². The van der Waals surface area contributed by atoms with Crippen molar-refractivity contribution in [3.63, 3.8) is 0 Å². The molecule has 0 bridgehead atoms. The number of rotatable bonds is 5. The minimum absolute atomic E-state index is 0.183. The van der Waals surface area contributed by atoms with E-state index in [4.69, 9.17) is 23.1 Å². The molecule has 7 heteroatoms. The Morgan fingerprint density at radius 1 is 1.04 bits per heavy atom. The topological polar surface area (TPSA) is 63.2 Å². The highest BCUT2D eigenvalue weighted by Crippen LogP contribution is 2.33. The summed E-state index contributed by atoms with van der Waals surface area (Å²) in [5, 5.41) is 0. The van der Waals surface area contributed by atoms with Gasteiger partial charge in [-0.2, -0.15) is 0 Å². The quantitative estimate of drug-likeness (QED) is 0.727. The molecule has 1 aromatic carbocycles. The fraction of sp³-hybridized carbons (Fsp3) is 0.632. The van der Waals surface area contributed by atoms with Gasteiger partial charge in [-0.3, -0.25) is 4.18 Å². The molecule has 0 spiro atoms. The second-order valence-corrected chi connectivity index (χ2v) is 9.02. The van der Waals surface area contributed by atoms with Gasteiger partial charge in [-0.25, -0.2) is 4.21 Å². The Balaban J connectivity index is 1.38. The molecule has 0 amide bonds. The zero-order valence-electron chi connectivity index (χ0n) is 15.0. The molecule has 144 valence electrons. The first-order chi connectivity index (χ1) is 12.5. The van der Waals surface area contributed by atoms with Crippen LogP contribution in [0.3, 0.4) is 0 Å². The molecule has 0 aromatic heterocycles. The monoisotopic (exact) mass is 382 g/mol. The van der Waals surface area contributed by atoms with Crippen molar-refractivity contribution in [2.75, 3.05) is 19.8 Å². The number of ether oxygens (including phenoxy) is 4. The molecule has 26 heavy (non-hydrogen) atoms. The van der Waals surface area contributed by atoms with E-state index in [0.717, 1.165) is 31.4 Å². The number of benzene rings is 1. The summed E-state index contributed by atoms with van der Waals surface area (Å²) in [5.41, 5.74) is 1.09. The first-order valence-electron chi connectivity index (χ1n) is 9.15. The fourth-order valence-electron chi connectivity index (χ4n) is 3.64. The maximum Gasteiger partial charge on any atom is 0.158 e. The Bertz CT molecular complexity index is 710. The van der Waals surface area contributed by atoms with Gasteiger partial charge in [0.25, 0.3) is 0 Å². The predicted molar refractivity (Wildman–Crippen MR) is 97.5 cm³/mol. The Hall–Kier alpha value is -0.960. The van der Waals surface area contributed by atoms with Gasteiger partial charge in [-0.15, -0.1) is 0 Å². The molecule has 0 N–H and O–H groups in total. The van der Waals surface area contributed by atoms with Crippen LogP contribution in [0.1, 0.15) is 24.8 Å². The Morgan fingerprint density at radius 2 is 1.73 bits per heavy atom. The minimum atomic E-state index is -2.87. The van der Waals surface area contributed by atoms with Gasteiger partial charge in [0.05, 0.1) is 18.1 Å². The third-order valence-electron chi connectivity index (χ3n) is 5.09. The van der Waals surface area contributed by atoms with Crippen molar-refractivity contribution >= 4 is 15.7 Å². The molecular formula is C19H26O6S. The van der Waals surface area contributed by atoms with Gasteiger partial charge in [0.1, 0.15) is 34.2 Å². The van der Waals surface area contributed by atoms with Crippen LogP contribution in [0.2, 0.25) is 0 Å². The minimum Gasteiger partial charge on any atom is -0.370 e. The van der Waals surface area contributed by atoms with Gasteiger partial charge in [0, 0.05) is 6.61 Å². The molecule has 6 nitrogen and oxygen atoms in total. The summed E-state index contributed by atoms with van der Waals surface area (Å²) in [6.45, 7) is 3.46. The zero-order valence-corrected chi connectivity index (χ0v) is 15.8. The van der Waals surface area contributed by atoms with Crippen LogP contribution < -0.4 is 0 Å². The summed E-state index contributed by atoms with van der Waals surface area (Å²) in [6, 6.07) is 7.38. The van der Waals surface area contributed by atoms with Gasteiger partial charge < -0.3 is 18.9 Å². The van der Waals surface area contributed by atoms with Crippen LogP contribution in [0.25, 0.3) is 0 Å². The number of hydrogen-bond donors (Lipinski definition) is 0. The Labute approximate surface area is 154 Å². The van der Waals surface area contributed by atoms with E-state index in [-0.39, 0.29) is 24.6 Å². The van der Waals surface area contributed by atoms with Crippen LogP contribution >= 0.6 is 0 Å². The van der Waals surface area contributed by atoms with E-state index < -0.39 is 15.9 Å². The lowest BCUT2D eigenvalue weighted by molar-refractivity contribution is -0.202. The summed E-state index contributed by atoms with van der Waals surface area (Å²) in [5.74, 6) is 3.80. The summed E-state index contributed by atoms with van der Waals surface area (Å²) in [4.78, 5) is 0.577. The van der Waals surface area contributed by atoms with Gasteiger partial charge >= 0.3 is 0 Å². The van der Waals surface area contributed by atoms with Crippen LogP contribution in [-0.4, -0.2) is 60.6 Å². The van der Waals surface area contributed by atoms with Crippen molar-refractivity contribution in [1.82, 2.24) is 0 Å². The summed E-state index contributed by atoms with van der Waals surface area (Å²) < 4.78 is 42.2. The fourth-order valence-corrected chi connectivity index (χ4v) is 4.87. The maximum atomic E-state index is 12.9. The molecule has 3 aliphatic heterocycles. The van der Waals surface area contributed by atoms with Gasteiger partial charge in [0.15, 0.2) is 6.29 Å². The zero-order chi connectivity index (χ0) is 18.1. The van der Waals surface area contributed by atoms with Crippen molar-refractivity contribution in [3.8, 4) is 0 Å². The van der Waals surface area contributed by atoms with E-state index in [1.165, 1.54) is 0 Å². The van der Waals surface area contributed by atoms with E-state index in [1.807, 2.05) is 19.1 Å². The normalized spacial score (nSPS) is 36.6. The SMILES string of the molecule is C=S(=O)(OC1COC2C(OC3CCCCO3)COC12)c1ccc(C)cc1. The molecule has 0 saturated carbocycles. The molecular weight excluding hydrogens is 356 g/mol. The molecule has 0 radical (unpaired) electrons. The molecule has 3 saturated heterocycles. The van der Waals surface area contributed by atoms with Crippen LogP contribution in [-0.2, 0) is 32.9 Å². The summed E-state index contributed by atoms with van der Waals surface area (Å²) in [7, 11) is -2.87. The van der Waals surface area contributed by atoms with E-state index in [0.29, 0.717) is 18.1 Å². The Morgan fingerprint density at radius 3 is 2.42 bits per heavy atom. The first kappa shape index (κ1) is 18.4. The van der Waals surface area contributed by atoms with Crippen molar-refractivity contribution in [2.45, 2.75) is 61.8 Å². The molecule has 3 heterocycles. The van der Waals surface area contributed by atoms with E-state index in [9.17, 15) is 4.21 Å². The standard InChI is InChI=1S/C19H26O6S/c1-13-6-8-14(9-7-13)26(2,20)25-16-12-23-18-15(11-22-19(16)18)24-17-5-3-4-10-21-17/h6-9,15-19H,2-5,10-12H2,1H3. The second kappa shape index (κ2) is 7.58. The Kier molecular flexibility index (Phi) is 5.36. The van der Waals surface area contributed by atoms with Crippen LogP contribution in [0.5, 0.6) is 0 Å². The highest BCUT2D eigenvalue weighted by Gasteiger charge is 2.50. The van der Waals surface area contributed by atoms with Crippen molar-refractivity contribution < 1.29 is 27.3 Å². The average molecular weight is 382 g/mol. The molecule has 6 unspecified atom stereocenters. The lowest BCUT2D eigenvalue weighted by Crippen LogP contribution is -2.37. The molecule has 4 rings (SSSR count). The number of hydrogen-bond acceptors (Lipinski definition) is 6. The van der Waals surface area contributed by atoms with Crippen molar-refractivity contribution in [2.24, 2.45) is 0 Å². The lowest BCUT2D eigenvalue weighted by Gasteiger charge is -2.27. The second-order valence-electron chi connectivity index (χ2n) is 7.13. The van der Waals surface area contributed by atoms with E-state index in [1.54, 1.807) is 12.1 Å². The molecule has 0 aliphatic carbocycles. The smallest absolute Gasteiger partial charge is 0.158 e. The molecule has 1 aromatic rings. The van der Waals surface area contributed by atoms with Crippen LogP contribution in [0.4, 0.5) is 0 Å². The first-order valence-corrected chi connectivity index (χ1v) is 10.8. The lowest BCUT2D eigenvalue weighted by atomic mass is 10.1. The molecule has 3 fully saturated rings. The third kappa shape index (κ3) is 3.83. The average Bonchev–Trinajstić information content (AvgIpc) is 3.20. The molecule has 6 atom stereocenters. The number of fused-ring (bicyclic) bond motifs is 1. The third-order valence-corrected chi connectivity index (χ3v) is 6.63. The number of aryl methyl sites for hydroxylation is 1. The van der Waals surface area contributed by atoms with Crippen molar-refractivity contribution in [1.29, 1.82) is 0 Å². The largest absolute Gasteiger partial charge is 0.370 e. The van der Waals surface area contributed by atoms with Crippen LogP contribution in [0.15, 0.2) is 29.2 Å². The summed E-state index contributed by atoms with van der Waals surface area (Å²) in [6.07, 6.45) is 1.77. The highest BCUT2D eigenvalue weighted by molar-refractivity contribution is 7.96. The van der Waals surface area contributed by atoms with Gasteiger partial charge in [-0.05, 0) is 44.2 Å². The van der Waals surface area contributed by atoms with Crippen molar-refractivity contribution in [3.05, 3.63) is 29.8 Å². The predicted octanol–water partition coefficient (Wildman–Crippen LogP) is 2.08. The van der Waals surface area contributed by atoms with E-state index in [2.05, 4.69) is 5.87 Å². The maximum absolute atomic E-state index is 12.9. The molecule has 3 aliphatic rings.